The van der Waals surface area contributed by atoms with E-state index in [1.54, 1.807) is 11.1 Å². The van der Waals surface area contributed by atoms with Crippen LogP contribution in [0.2, 0.25) is 0 Å². The first kappa shape index (κ1) is 16.0. The van der Waals surface area contributed by atoms with Crippen molar-refractivity contribution in [2.45, 2.75) is 27.2 Å². The van der Waals surface area contributed by atoms with Crippen LogP contribution in [0.3, 0.4) is 0 Å². The Labute approximate surface area is 131 Å². The molecule has 22 heavy (non-hydrogen) atoms. The van der Waals surface area contributed by atoms with Crippen LogP contribution in [-0.4, -0.2) is 34.4 Å². The highest BCUT2D eigenvalue weighted by atomic mass is 16.2. The number of amides is 1. The summed E-state index contributed by atoms with van der Waals surface area (Å²) in [4.78, 5) is 21.3. The van der Waals surface area contributed by atoms with Crippen molar-refractivity contribution in [3.05, 3.63) is 47.8 Å². The zero-order valence-corrected chi connectivity index (χ0v) is 13.7. The molecule has 0 saturated heterocycles. The van der Waals surface area contributed by atoms with Crippen molar-refractivity contribution in [1.82, 2.24) is 14.9 Å². The van der Waals surface area contributed by atoms with Gasteiger partial charge < -0.3 is 9.88 Å². The van der Waals surface area contributed by atoms with E-state index in [1.165, 1.54) is 0 Å². The van der Waals surface area contributed by atoms with Crippen LogP contribution < -0.4 is 0 Å². The summed E-state index contributed by atoms with van der Waals surface area (Å²) in [5.74, 6) is 0.0763. The van der Waals surface area contributed by atoms with Crippen LogP contribution in [0, 0.1) is 0 Å². The molecule has 0 unspecified atom stereocenters. The van der Waals surface area contributed by atoms with Crippen LogP contribution in [0.25, 0.3) is 16.6 Å². The van der Waals surface area contributed by atoms with E-state index in [-0.39, 0.29) is 5.91 Å². The minimum atomic E-state index is 0.0763. The number of fused-ring (bicyclic) bond motifs is 1. The average Bonchev–Trinajstić information content (AvgIpc) is 3.00. The van der Waals surface area contributed by atoms with Gasteiger partial charge in [0, 0.05) is 36.9 Å². The van der Waals surface area contributed by atoms with Crippen molar-refractivity contribution >= 4 is 22.5 Å². The van der Waals surface area contributed by atoms with Crippen molar-refractivity contribution < 1.29 is 4.79 Å². The highest BCUT2D eigenvalue weighted by Gasteiger charge is 2.09. The number of nitrogens with one attached hydrogen (secondary N) is 1. The second-order valence-electron chi connectivity index (χ2n) is 5.52. The molecule has 0 saturated carbocycles. The van der Waals surface area contributed by atoms with E-state index >= 15 is 0 Å². The topological polar surface area (TPSA) is 49.0 Å². The predicted molar refractivity (Wildman–Crippen MR) is 91.4 cm³/mol. The summed E-state index contributed by atoms with van der Waals surface area (Å²) in [5.41, 5.74) is 3.86. The van der Waals surface area contributed by atoms with Gasteiger partial charge in [0.15, 0.2) is 0 Å². The molecular formula is C18H23N3O. The zero-order chi connectivity index (χ0) is 16.1. The number of carbonyl (C=O) groups excluding carboxylic acids is 1. The number of nitrogens with zero attached hydrogens (tertiary/aromatic N) is 2. The number of hydrogen-bond donors (Lipinski definition) is 1. The van der Waals surface area contributed by atoms with E-state index in [1.807, 2.05) is 51.4 Å². The Morgan fingerprint density at radius 3 is 2.82 bits per heavy atom. The summed E-state index contributed by atoms with van der Waals surface area (Å²) in [6, 6.07) is 4.02. The highest BCUT2D eigenvalue weighted by molar-refractivity contribution is 5.94. The Balaban J connectivity index is 2.23. The van der Waals surface area contributed by atoms with Gasteiger partial charge in [0.2, 0.25) is 5.91 Å². The number of rotatable bonds is 5. The smallest absolute Gasteiger partial charge is 0.249 e. The quantitative estimate of drug-likeness (QED) is 0.674. The van der Waals surface area contributed by atoms with Gasteiger partial charge in [-0.05, 0) is 43.5 Å². The summed E-state index contributed by atoms with van der Waals surface area (Å²) in [6.45, 7) is 6.75. The van der Waals surface area contributed by atoms with Gasteiger partial charge in [0.05, 0.1) is 0 Å². The molecule has 0 bridgehead atoms. The van der Waals surface area contributed by atoms with E-state index < -0.39 is 0 Å². The molecule has 2 rings (SSSR count). The van der Waals surface area contributed by atoms with E-state index in [9.17, 15) is 4.79 Å². The molecule has 0 aromatic carbocycles. The third kappa shape index (κ3) is 3.45. The number of hydrogen-bond acceptors (Lipinski definition) is 2. The number of aromatic nitrogens is 2. The first-order valence-corrected chi connectivity index (χ1v) is 7.57. The fraction of sp³-hybridized carbons (Fsp3) is 0.333. The fourth-order valence-electron chi connectivity index (χ4n) is 2.45. The maximum Gasteiger partial charge on any atom is 0.249 e. The third-order valence-electron chi connectivity index (χ3n) is 3.71. The van der Waals surface area contributed by atoms with E-state index in [0.717, 1.165) is 40.7 Å². The van der Waals surface area contributed by atoms with Crippen molar-refractivity contribution in [3.63, 3.8) is 0 Å². The average molecular weight is 297 g/mol. The van der Waals surface area contributed by atoms with Crippen molar-refractivity contribution in [2.24, 2.45) is 0 Å². The summed E-state index contributed by atoms with van der Waals surface area (Å²) >= 11 is 0. The first-order chi connectivity index (χ1) is 10.5. The normalized spacial score (nSPS) is 12.7. The lowest BCUT2D eigenvalue weighted by atomic mass is 10.0. The Morgan fingerprint density at radius 1 is 1.32 bits per heavy atom. The van der Waals surface area contributed by atoms with E-state index in [2.05, 4.69) is 16.9 Å². The molecule has 0 radical (unpaired) electrons. The second kappa shape index (κ2) is 7.07. The third-order valence-corrected chi connectivity index (χ3v) is 3.71. The van der Waals surface area contributed by atoms with Gasteiger partial charge in [-0.2, -0.15) is 0 Å². The number of aromatic amines is 1. The number of pyridine rings is 1. The minimum absolute atomic E-state index is 0.0763. The summed E-state index contributed by atoms with van der Waals surface area (Å²) in [7, 11) is 1.84. The summed E-state index contributed by atoms with van der Waals surface area (Å²) in [6.07, 6.45) is 8.53. The van der Waals surface area contributed by atoms with Gasteiger partial charge >= 0.3 is 0 Å². The number of H-pyrrole nitrogens is 1. The first-order valence-electron chi connectivity index (χ1n) is 7.57. The summed E-state index contributed by atoms with van der Waals surface area (Å²) < 4.78 is 0. The molecule has 1 amide bonds. The molecule has 0 fully saturated rings. The maximum atomic E-state index is 12.2. The van der Waals surface area contributed by atoms with Gasteiger partial charge in [-0.25, -0.2) is 4.98 Å². The second-order valence-corrected chi connectivity index (χ2v) is 5.52. The summed E-state index contributed by atoms with van der Waals surface area (Å²) in [5, 5.41) is 1.09. The molecule has 2 heterocycles. The van der Waals surface area contributed by atoms with Gasteiger partial charge in [0.25, 0.3) is 0 Å². The van der Waals surface area contributed by atoms with Crippen LogP contribution in [0.1, 0.15) is 32.8 Å². The molecule has 4 heteroatoms. The Hall–Kier alpha value is -2.36. The van der Waals surface area contributed by atoms with Gasteiger partial charge in [-0.3, -0.25) is 4.79 Å². The Kier molecular flexibility index (Phi) is 5.15. The molecule has 1 N–H and O–H groups in total. The van der Waals surface area contributed by atoms with Crippen LogP contribution in [0.15, 0.2) is 42.3 Å². The van der Waals surface area contributed by atoms with Gasteiger partial charge in [-0.15, -0.1) is 0 Å². The van der Waals surface area contributed by atoms with E-state index in [4.69, 9.17) is 0 Å². The highest BCUT2D eigenvalue weighted by Crippen LogP contribution is 2.22. The van der Waals surface area contributed by atoms with E-state index in [0.29, 0.717) is 0 Å². The SMILES string of the molecule is CCCN(C)C(=O)/C(C)=C/C=C(\C)c1ccnc2[nH]ccc12. The molecule has 4 nitrogen and oxygen atoms in total. The lowest BCUT2D eigenvalue weighted by molar-refractivity contribution is -0.125. The zero-order valence-electron chi connectivity index (χ0n) is 13.7. The molecule has 0 spiro atoms. The molecule has 0 aliphatic carbocycles. The Morgan fingerprint density at radius 2 is 2.09 bits per heavy atom. The molecular weight excluding hydrogens is 274 g/mol. The number of carbonyl (C=O) groups is 1. The van der Waals surface area contributed by atoms with Crippen molar-refractivity contribution in [3.8, 4) is 0 Å². The Bertz CT molecular complexity index is 725. The minimum Gasteiger partial charge on any atom is -0.346 e. The van der Waals surface area contributed by atoms with Crippen LogP contribution in [0.4, 0.5) is 0 Å². The van der Waals surface area contributed by atoms with Crippen molar-refractivity contribution in [1.29, 1.82) is 0 Å². The molecule has 0 aliphatic heterocycles. The van der Waals surface area contributed by atoms with Crippen molar-refractivity contribution in [2.75, 3.05) is 13.6 Å². The van der Waals surface area contributed by atoms with Crippen LogP contribution in [0.5, 0.6) is 0 Å². The molecule has 0 aliphatic rings. The number of likely N-dealkylation sites (N-methyl/N-ethyl adjacent to an activating group) is 1. The molecule has 0 atom stereocenters. The largest absolute Gasteiger partial charge is 0.346 e. The van der Waals surface area contributed by atoms with Crippen LogP contribution >= 0.6 is 0 Å². The molecule has 2 aromatic rings. The lowest BCUT2D eigenvalue weighted by Gasteiger charge is -2.16. The predicted octanol–water partition coefficient (Wildman–Crippen LogP) is 3.78. The monoisotopic (exact) mass is 297 g/mol. The van der Waals surface area contributed by atoms with Gasteiger partial charge in [0.1, 0.15) is 5.65 Å². The fourth-order valence-corrected chi connectivity index (χ4v) is 2.45. The number of allylic oxidation sites excluding steroid dienone is 3. The molecule has 116 valence electrons. The van der Waals surface area contributed by atoms with Gasteiger partial charge in [-0.1, -0.05) is 19.1 Å². The maximum absolute atomic E-state index is 12.2. The lowest BCUT2D eigenvalue weighted by Crippen LogP contribution is -2.27. The molecule has 2 aromatic heterocycles. The van der Waals surface area contributed by atoms with Crippen LogP contribution in [-0.2, 0) is 4.79 Å². The standard InChI is InChI=1S/C18H23N3O/c1-5-12-21(4)18(22)14(3)7-6-13(2)15-8-10-19-17-16(15)9-11-20-17/h6-11H,5,12H2,1-4H3,(H,19,20)/b13-6+,14-7+.